The van der Waals surface area contributed by atoms with Gasteiger partial charge in [-0.1, -0.05) is 23.7 Å². The summed E-state index contributed by atoms with van der Waals surface area (Å²) in [5.74, 6) is 0.676. The van der Waals surface area contributed by atoms with Crippen molar-refractivity contribution in [2.45, 2.75) is 4.90 Å². The highest BCUT2D eigenvalue weighted by Crippen LogP contribution is 2.26. The number of nitrogens with zero attached hydrogens (tertiary/aromatic N) is 5. The van der Waals surface area contributed by atoms with E-state index >= 15 is 0 Å². The van der Waals surface area contributed by atoms with Crippen molar-refractivity contribution in [1.82, 2.24) is 24.5 Å². The van der Waals surface area contributed by atoms with Crippen LogP contribution in [0.1, 0.15) is 0 Å². The third kappa shape index (κ3) is 4.51. The van der Waals surface area contributed by atoms with E-state index in [0.717, 1.165) is 12.1 Å². The molecular formula is C19H15ClN6O5S. The summed E-state index contributed by atoms with van der Waals surface area (Å²) >= 11 is 6.24. The van der Waals surface area contributed by atoms with Crippen LogP contribution in [0.3, 0.4) is 0 Å². The number of ether oxygens (including phenoxy) is 1. The van der Waals surface area contributed by atoms with Gasteiger partial charge >= 0.3 is 0 Å². The zero-order valence-electron chi connectivity index (χ0n) is 16.3. The van der Waals surface area contributed by atoms with Gasteiger partial charge in [0.2, 0.25) is 15.9 Å². The number of aromatic nitrogens is 4. The van der Waals surface area contributed by atoms with Gasteiger partial charge in [-0.25, -0.2) is 13.1 Å². The van der Waals surface area contributed by atoms with E-state index in [1.54, 1.807) is 30.3 Å². The summed E-state index contributed by atoms with van der Waals surface area (Å²) in [6.45, 7) is -0.0488. The van der Waals surface area contributed by atoms with Crippen LogP contribution >= 0.6 is 11.6 Å². The Bertz CT molecular complexity index is 1390. The highest BCUT2D eigenvalue weighted by atomic mass is 35.5. The fourth-order valence-corrected chi connectivity index (χ4v) is 4.05. The van der Waals surface area contributed by atoms with E-state index in [9.17, 15) is 18.5 Å². The van der Waals surface area contributed by atoms with Crippen molar-refractivity contribution >= 4 is 33.0 Å². The summed E-state index contributed by atoms with van der Waals surface area (Å²) in [5, 5.41) is 23.7. The van der Waals surface area contributed by atoms with Gasteiger partial charge in [0, 0.05) is 30.3 Å². The maximum Gasteiger partial charge on any atom is 0.269 e. The van der Waals surface area contributed by atoms with Crippen molar-refractivity contribution in [3.05, 3.63) is 75.8 Å². The van der Waals surface area contributed by atoms with Crippen LogP contribution in [0.5, 0.6) is 5.88 Å². The number of nitrogens with one attached hydrogen (secondary N) is 1. The Labute approximate surface area is 186 Å². The molecule has 0 amide bonds. The smallest absolute Gasteiger partial charge is 0.269 e. The summed E-state index contributed by atoms with van der Waals surface area (Å²) < 4.78 is 34.0. The number of hydrogen-bond acceptors (Lipinski definition) is 8. The van der Waals surface area contributed by atoms with Gasteiger partial charge in [-0.15, -0.1) is 15.3 Å². The average molecular weight is 475 g/mol. The lowest BCUT2D eigenvalue weighted by molar-refractivity contribution is -0.384. The van der Waals surface area contributed by atoms with Gasteiger partial charge in [-0.2, -0.15) is 4.52 Å². The molecule has 0 radical (unpaired) electrons. The van der Waals surface area contributed by atoms with Crippen LogP contribution in [0.4, 0.5) is 5.69 Å². The van der Waals surface area contributed by atoms with E-state index in [1.807, 2.05) is 6.07 Å². The number of benzene rings is 2. The van der Waals surface area contributed by atoms with Gasteiger partial charge in [-0.05, 0) is 30.3 Å². The normalized spacial score (nSPS) is 11.5. The first kappa shape index (κ1) is 21.6. The molecule has 11 nitrogen and oxygen atoms in total. The Morgan fingerprint density at radius 2 is 1.81 bits per heavy atom. The lowest BCUT2D eigenvalue weighted by Gasteiger charge is -2.08. The number of sulfonamides is 1. The van der Waals surface area contributed by atoms with Crippen molar-refractivity contribution in [3.8, 4) is 17.3 Å². The van der Waals surface area contributed by atoms with Crippen LogP contribution in [0.2, 0.25) is 5.02 Å². The van der Waals surface area contributed by atoms with E-state index in [4.69, 9.17) is 16.3 Å². The Balaban J connectivity index is 1.42. The molecule has 0 aliphatic carbocycles. The van der Waals surface area contributed by atoms with E-state index in [1.165, 1.54) is 16.6 Å². The van der Waals surface area contributed by atoms with Gasteiger partial charge < -0.3 is 4.74 Å². The molecule has 13 heteroatoms. The summed E-state index contributed by atoms with van der Waals surface area (Å²) in [7, 11) is -3.84. The van der Waals surface area contributed by atoms with E-state index in [2.05, 4.69) is 20.0 Å². The number of nitro groups is 1. The molecule has 164 valence electrons. The van der Waals surface area contributed by atoms with E-state index < -0.39 is 14.9 Å². The van der Waals surface area contributed by atoms with E-state index in [-0.39, 0.29) is 29.6 Å². The van der Waals surface area contributed by atoms with Crippen molar-refractivity contribution in [2.75, 3.05) is 13.2 Å². The molecule has 0 unspecified atom stereocenters. The standard InChI is InChI=1S/C19H15ClN6O5S/c20-16-4-2-1-3-15(16)19-23-22-17-9-10-18(24-25(17)19)31-12-11-21-32(29,30)14-7-5-13(6-8-14)26(27)28/h1-10,21H,11-12H2. The zero-order valence-corrected chi connectivity index (χ0v) is 17.8. The van der Waals surface area contributed by atoms with Gasteiger partial charge in [0.1, 0.15) is 6.61 Å². The predicted molar refractivity (Wildman–Crippen MR) is 115 cm³/mol. The number of hydrogen-bond donors (Lipinski definition) is 1. The molecule has 0 spiro atoms. The minimum absolute atomic E-state index is 0.00568. The van der Waals surface area contributed by atoms with Gasteiger partial charge in [0.25, 0.3) is 5.69 Å². The summed E-state index contributed by atoms with van der Waals surface area (Å²) in [6.07, 6.45) is 0. The minimum atomic E-state index is -3.84. The summed E-state index contributed by atoms with van der Waals surface area (Å²) in [4.78, 5) is 10.0. The predicted octanol–water partition coefficient (Wildman–Crippen LogP) is 2.71. The molecule has 1 N–H and O–H groups in total. The number of nitro benzene ring substituents is 1. The second-order valence-electron chi connectivity index (χ2n) is 6.44. The van der Waals surface area contributed by atoms with Gasteiger partial charge in [0.15, 0.2) is 11.5 Å². The second kappa shape index (κ2) is 8.86. The van der Waals surface area contributed by atoms with Crippen LogP contribution in [0, 0.1) is 10.1 Å². The van der Waals surface area contributed by atoms with Crippen molar-refractivity contribution < 1.29 is 18.1 Å². The largest absolute Gasteiger partial charge is 0.475 e. The third-order valence-electron chi connectivity index (χ3n) is 4.36. The molecule has 4 rings (SSSR count). The van der Waals surface area contributed by atoms with Crippen molar-refractivity contribution in [1.29, 1.82) is 0 Å². The van der Waals surface area contributed by atoms with Gasteiger partial charge in [-0.3, -0.25) is 10.1 Å². The Morgan fingerprint density at radius 3 is 2.53 bits per heavy atom. The highest BCUT2D eigenvalue weighted by Gasteiger charge is 2.16. The average Bonchev–Trinajstić information content (AvgIpc) is 3.20. The lowest BCUT2D eigenvalue weighted by Crippen LogP contribution is -2.28. The maximum absolute atomic E-state index is 12.3. The quantitative estimate of drug-likeness (QED) is 0.233. The summed E-state index contributed by atoms with van der Waals surface area (Å²) in [5.41, 5.74) is 0.951. The molecule has 0 aliphatic rings. The van der Waals surface area contributed by atoms with Crippen LogP contribution in [-0.2, 0) is 10.0 Å². The molecule has 0 bridgehead atoms. The summed E-state index contributed by atoms with van der Waals surface area (Å²) in [6, 6.07) is 15.0. The van der Waals surface area contributed by atoms with E-state index in [0.29, 0.717) is 22.1 Å². The third-order valence-corrected chi connectivity index (χ3v) is 6.16. The Morgan fingerprint density at radius 1 is 1.06 bits per heavy atom. The molecule has 0 saturated heterocycles. The molecule has 0 fully saturated rings. The van der Waals surface area contributed by atoms with Crippen LogP contribution in [0.25, 0.3) is 17.0 Å². The van der Waals surface area contributed by atoms with Crippen molar-refractivity contribution in [2.24, 2.45) is 0 Å². The second-order valence-corrected chi connectivity index (χ2v) is 8.62. The highest BCUT2D eigenvalue weighted by molar-refractivity contribution is 7.89. The minimum Gasteiger partial charge on any atom is -0.475 e. The number of fused-ring (bicyclic) bond motifs is 1. The first-order valence-electron chi connectivity index (χ1n) is 9.19. The first-order valence-corrected chi connectivity index (χ1v) is 11.1. The molecular weight excluding hydrogens is 460 g/mol. The number of rotatable bonds is 8. The van der Waals surface area contributed by atoms with Gasteiger partial charge in [0.05, 0.1) is 14.8 Å². The van der Waals surface area contributed by atoms with Crippen LogP contribution < -0.4 is 9.46 Å². The monoisotopic (exact) mass is 474 g/mol. The van der Waals surface area contributed by atoms with Crippen LogP contribution in [-0.4, -0.2) is 46.3 Å². The zero-order chi connectivity index (χ0) is 22.7. The molecule has 0 aliphatic heterocycles. The van der Waals surface area contributed by atoms with Crippen molar-refractivity contribution in [3.63, 3.8) is 0 Å². The number of halogens is 1. The Kier molecular flexibility index (Phi) is 5.99. The Hall–Kier alpha value is -3.61. The number of non-ortho nitro benzene ring substituents is 1. The lowest BCUT2D eigenvalue weighted by atomic mass is 10.2. The fourth-order valence-electron chi connectivity index (χ4n) is 2.82. The molecule has 32 heavy (non-hydrogen) atoms. The molecule has 2 aromatic heterocycles. The molecule has 0 saturated carbocycles. The SMILES string of the molecule is O=[N+]([O-])c1ccc(S(=O)(=O)NCCOc2ccc3nnc(-c4ccccc4Cl)n3n2)cc1. The molecule has 0 atom stereocenters. The fraction of sp³-hybridized carbons (Fsp3) is 0.105. The molecule has 2 aromatic carbocycles. The first-order chi connectivity index (χ1) is 15.3. The maximum atomic E-state index is 12.3. The molecule has 2 heterocycles. The topological polar surface area (TPSA) is 142 Å². The molecule has 4 aromatic rings. The van der Waals surface area contributed by atoms with Crippen LogP contribution in [0.15, 0.2) is 65.6 Å².